The summed E-state index contributed by atoms with van der Waals surface area (Å²) in [4.78, 5) is 11.5. The minimum absolute atomic E-state index is 0.0749. The van der Waals surface area contributed by atoms with Gasteiger partial charge in [-0.3, -0.25) is 4.31 Å². The van der Waals surface area contributed by atoms with Crippen LogP contribution < -0.4 is 9.04 Å². The molecule has 2 aromatic carbocycles. The van der Waals surface area contributed by atoms with Crippen molar-refractivity contribution < 1.29 is 22.7 Å². The summed E-state index contributed by atoms with van der Waals surface area (Å²) in [6, 6.07) is 11.0. The highest BCUT2D eigenvalue weighted by molar-refractivity contribution is 7.93. The average molecular weight is 319 g/mol. The van der Waals surface area contributed by atoms with Gasteiger partial charge in [-0.25, -0.2) is 13.2 Å². The number of esters is 1. The third kappa shape index (κ3) is 2.10. The molecule has 1 aliphatic heterocycles. The largest absolute Gasteiger partial charge is 0.465 e. The fraction of sp³-hybridized carbons (Fsp3) is 0.133. The molecule has 0 fully saturated rings. The van der Waals surface area contributed by atoms with Gasteiger partial charge in [0.25, 0.3) is 10.0 Å². The number of sulfonamides is 1. The van der Waals surface area contributed by atoms with E-state index in [2.05, 4.69) is 4.74 Å². The van der Waals surface area contributed by atoms with E-state index in [4.69, 9.17) is 4.74 Å². The van der Waals surface area contributed by atoms with Crippen LogP contribution >= 0.6 is 0 Å². The van der Waals surface area contributed by atoms with Gasteiger partial charge in [0.15, 0.2) is 5.75 Å². The summed E-state index contributed by atoms with van der Waals surface area (Å²) in [7, 11) is -1.16. The van der Waals surface area contributed by atoms with Gasteiger partial charge in [0, 0.05) is 7.05 Å². The van der Waals surface area contributed by atoms with Crippen molar-refractivity contribution in [3.8, 4) is 11.5 Å². The zero-order valence-corrected chi connectivity index (χ0v) is 12.8. The SMILES string of the molecule is COC(=O)c1ccc2c(c1)S(=O)(=O)N(C)c1ccccc1O2. The molecule has 0 aliphatic carbocycles. The van der Waals surface area contributed by atoms with Crippen LogP contribution in [0.2, 0.25) is 0 Å². The van der Waals surface area contributed by atoms with Crippen molar-refractivity contribution >= 4 is 21.7 Å². The van der Waals surface area contributed by atoms with E-state index in [9.17, 15) is 13.2 Å². The molecule has 7 heteroatoms. The molecule has 0 radical (unpaired) electrons. The van der Waals surface area contributed by atoms with Gasteiger partial charge in [-0.05, 0) is 30.3 Å². The first-order valence-electron chi connectivity index (χ1n) is 6.43. The molecule has 0 saturated carbocycles. The Morgan fingerprint density at radius 3 is 2.59 bits per heavy atom. The molecule has 1 aliphatic rings. The first-order valence-corrected chi connectivity index (χ1v) is 7.87. The fourth-order valence-corrected chi connectivity index (χ4v) is 3.58. The molecule has 0 bridgehead atoms. The minimum Gasteiger partial charge on any atom is -0.465 e. The zero-order chi connectivity index (χ0) is 15.9. The molecule has 1 heterocycles. The van der Waals surface area contributed by atoms with E-state index in [1.165, 1.54) is 32.4 Å². The summed E-state index contributed by atoms with van der Waals surface area (Å²) in [6.45, 7) is 0. The van der Waals surface area contributed by atoms with Crippen LogP contribution in [0.3, 0.4) is 0 Å². The van der Waals surface area contributed by atoms with Crippen molar-refractivity contribution in [2.24, 2.45) is 0 Å². The number of rotatable bonds is 1. The van der Waals surface area contributed by atoms with Gasteiger partial charge in [0.05, 0.1) is 18.4 Å². The molecule has 0 spiro atoms. The second kappa shape index (κ2) is 5.03. The Balaban J connectivity index is 2.25. The quantitative estimate of drug-likeness (QED) is 0.755. The van der Waals surface area contributed by atoms with Gasteiger partial charge in [0.1, 0.15) is 10.6 Å². The maximum absolute atomic E-state index is 12.7. The Morgan fingerprint density at radius 2 is 1.86 bits per heavy atom. The van der Waals surface area contributed by atoms with E-state index in [0.29, 0.717) is 11.4 Å². The highest BCUT2D eigenvalue weighted by Crippen LogP contribution is 2.41. The van der Waals surface area contributed by atoms with Crippen molar-refractivity contribution in [1.29, 1.82) is 0 Å². The maximum Gasteiger partial charge on any atom is 0.337 e. The van der Waals surface area contributed by atoms with Gasteiger partial charge >= 0.3 is 5.97 Å². The number of para-hydroxylation sites is 2. The van der Waals surface area contributed by atoms with Crippen LogP contribution in [0.4, 0.5) is 5.69 Å². The van der Waals surface area contributed by atoms with Gasteiger partial charge in [-0.1, -0.05) is 12.1 Å². The molecule has 0 N–H and O–H groups in total. The van der Waals surface area contributed by atoms with Crippen LogP contribution in [0.25, 0.3) is 0 Å². The minimum atomic E-state index is -3.83. The summed E-state index contributed by atoms with van der Waals surface area (Å²) in [6.07, 6.45) is 0. The van der Waals surface area contributed by atoms with Crippen molar-refractivity contribution in [3.63, 3.8) is 0 Å². The zero-order valence-electron chi connectivity index (χ0n) is 11.9. The number of ether oxygens (including phenoxy) is 2. The van der Waals surface area contributed by atoms with E-state index in [-0.39, 0.29) is 16.2 Å². The molecule has 0 aromatic heterocycles. The van der Waals surface area contributed by atoms with E-state index in [1.54, 1.807) is 24.3 Å². The first-order chi connectivity index (χ1) is 10.4. The Hall–Kier alpha value is -2.54. The highest BCUT2D eigenvalue weighted by atomic mass is 32.2. The molecule has 2 aromatic rings. The predicted molar refractivity (Wildman–Crippen MR) is 79.9 cm³/mol. The standard InChI is InChI=1S/C15H13NO5S/c1-16-11-5-3-4-6-12(11)21-13-8-7-10(15(17)20-2)9-14(13)22(16,18)19/h3-9H,1-2H3. The van der Waals surface area contributed by atoms with E-state index in [1.807, 2.05) is 0 Å². The van der Waals surface area contributed by atoms with Gasteiger partial charge in [-0.15, -0.1) is 0 Å². The summed E-state index contributed by atoms with van der Waals surface area (Å²) < 4.78 is 37.0. The van der Waals surface area contributed by atoms with Crippen LogP contribution in [-0.4, -0.2) is 28.5 Å². The number of carbonyl (C=O) groups excluding carboxylic acids is 1. The number of nitrogens with zero attached hydrogens (tertiary/aromatic N) is 1. The third-order valence-electron chi connectivity index (χ3n) is 3.43. The van der Waals surface area contributed by atoms with Crippen LogP contribution in [-0.2, 0) is 14.8 Å². The number of fused-ring (bicyclic) bond motifs is 2. The van der Waals surface area contributed by atoms with Gasteiger partial charge in [0.2, 0.25) is 0 Å². The number of carbonyl (C=O) groups is 1. The number of hydrogen-bond acceptors (Lipinski definition) is 5. The third-order valence-corrected chi connectivity index (χ3v) is 5.22. The average Bonchev–Trinajstić information content (AvgIpc) is 2.61. The van der Waals surface area contributed by atoms with E-state index < -0.39 is 16.0 Å². The number of methoxy groups -OCH3 is 1. The van der Waals surface area contributed by atoms with Crippen molar-refractivity contribution in [1.82, 2.24) is 0 Å². The summed E-state index contributed by atoms with van der Waals surface area (Å²) in [5.41, 5.74) is 0.575. The lowest BCUT2D eigenvalue weighted by atomic mass is 10.2. The molecule has 0 saturated heterocycles. The van der Waals surface area contributed by atoms with E-state index >= 15 is 0 Å². The van der Waals surface area contributed by atoms with Gasteiger partial charge in [-0.2, -0.15) is 0 Å². The van der Waals surface area contributed by atoms with Crippen molar-refractivity contribution in [2.45, 2.75) is 4.90 Å². The molecule has 0 unspecified atom stereocenters. The van der Waals surface area contributed by atoms with Crippen LogP contribution in [0.5, 0.6) is 11.5 Å². The maximum atomic E-state index is 12.7. The van der Waals surface area contributed by atoms with Crippen molar-refractivity contribution in [2.75, 3.05) is 18.5 Å². The molecule has 6 nitrogen and oxygen atoms in total. The number of benzene rings is 2. The predicted octanol–water partition coefficient (Wildman–Crippen LogP) is 2.40. The first kappa shape index (κ1) is 14.4. The Morgan fingerprint density at radius 1 is 1.14 bits per heavy atom. The van der Waals surface area contributed by atoms with Crippen LogP contribution in [0, 0.1) is 0 Å². The summed E-state index contributed by atoms with van der Waals surface area (Å²) >= 11 is 0. The Bertz CT molecular complexity index is 860. The second-order valence-corrected chi connectivity index (χ2v) is 6.63. The molecular formula is C15H13NO5S. The topological polar surface area (TPSA) is 72.9 Å². The highest BCUT2D eigenvalue weighted by Gasteiger charge is 2.32. The van der Waals surface area contributed by atoms with Crippen LogP contribution in [0.1, 0.15) is 10.4 Å². The Kier molecular flexibility index (Phi) is 3.29. The molecule has 0 amide bonds. The Labute approximate surface area is 127 Å². The lowest BCUT2D eigenvalue weighted by Crippen LogP contribution is -2.25. The molecule has 0 atom stereocenters. The summed E-state index contributed by atoms with van der Waals surface area (Å²) in [5, 5.41) is 0. The monoisotopic (exact) mass is 319 g/mol. The second-order valence-electron chi connectivity index (χ2n) is 4.70. The molecule has 22 heavy (non-hydrogen) atoms. The number of hydrogen-bond donors (Lipinski definition) is 0. The lowest BCUT2D eigenvalue weighted by molar-refractivity contribution is 0.0600. The normalized spacial score (nSPS) is 15.1. The van der Waals surface area contributed by atoms with Gasteiger partial charge < -0.3 is 9.47 Å². The fourth-order valence-electron chi connectivity index (χ4n) is 2.24. The lowest BCUT2D eigenvalue weighted by Gasteiger charge is -2.17. The molecule has 3 rings (SSSR count). The van der Waals surface area contributed by atoms with Crippen LogP contribution in [0.15, 0.2) is 47.4 Å². The van der Waals surface area contributed by atoms with Crippen molar-refractivity contribution in [3.05, 3.63) is 48.0 Å². The smallest absolute Gasteiger partial charge is 0.337 e. The van der Waals surface area contributed by atoms with E-state index in [0.717, 1.165) is 4.31 Å². The molecular weight excluding hydrogens is 306 g/mol. The number of anilines is 1. The summed E-state index contributed by atoms with van der Waals surface area (Å²) in [5.74, 6) is -0.00925. The molecule has 114 valence electrons.